The first-order valence-electron chi connectivity index (χ1n) is 8.14. The van der Waals surface area contributed by atoms with Crippen molar-refractivity contribution in [3.8, 4) is 0 Å². The minimum atomic E-state index is -0.288. The van der Waals surface area contributed by atoms with Gasteiger partial charge in [-0.05, 0) is 19.1 Å². The van der Waals surface area contributed by atoms with Crippen molar-refractivity contribution in [2.45, 2.75) is 13.0 Å². The number of aryl methyl sites for hydroxylation is 1. The van der Waals surface area contributed by atoms with Crippen LogP contribution in [0, 0.1) is 6.92 Å². The van der Waals surface area contributed by atoms with Crippen LogP contribution in [0.3, 0.4) is 0 Å². The Bertz CT molecular complexity index is 766. The number of anilines is 1. The first-order valence-corrected chi connectivity index (χ1v) is 8.89. The van der Waals surface area contributed by atoms with Crippen molar-refractivity contribution in [1.82, 2.24) is 15.3 Å². The first-order chi connectivity index (χ1) is 12.5. The second-order valence-corrected chi connectivity index (χ2v) is 6.80. The van der Waals surface area contributed by atoms with Crippen LogP contribution in [-0.2, 0) is 0 Å². The average Bonchev–Trinajstić information content (AvgIpc) is 3.06. The van der Waals surface area contributed by atoms with E-state index < -0.39 is 0 Å². The van der Waals surface area contributed by atoms with Crippen molar-refractivity contribution in [2.24, 2.45) is 16.8 Å². The van der Waals surface area contributed by atoms with Gasteiger partial charge in [-0.1, -0.05) is 23.2 Å². The highest BCUT2D eigenvalue weighted by Crippen LogP contribution is 2.34. The van der Waals surface area contributed by atoms with Gasteiger partial charge >= 0.3 is 0 Å². The van der Waals surface area contributed by atoms with Crippen molar-refractivity contribution in [2.75, 3.05) is 31.1 Å². The summed E-state index contributed by atoms with van der Waals surface area (Å²) < 4.78 is 5.80. The molecule has 1 atom stereocenters. The minimum Gasteiger partial charge on any atom is -0.464 e. The molecule has 5 N–H and O–H groups in total. The van der Waals surface area contributed by atoms with Gasteiger partial charge in [-0.15, -0.1) is 0 Å². The molecule has 2 aromatic rings. The predicted octanol–water partition coefficient (Wildman–Crippen LogP) is 1.89. The zero-order valence-corrected chi connectivity index (χ0v) is 15.8. The lowest BCUT2D eigenvalue weighted by molar-refractivity contribution is 0.205. The molecule has 3 heterocycles. The van der Waals surface area contributed by atoms with E-state index in [1.807, 2.05) is 19.1 Å². The van der Waals surface area contributed by atoms with Gasteiger partial charge in [0.25, 0.3) is 0 Å². The van der Waals surface area contributed by atoms with Crippen LogP contribution in [-0.4, -0.2) is 41.9 Å². The summed E-state index contributed by atoms with van der Waals surface area (Å²) in [6.45, 7) is 4.78. The normalized spacial score (nSPS) is 17.4. The minimum absolute atomic E-state index is 0.288. The molecule has 0 amide bonds. The lowest BCUT2D eigenvalue weighted by atomic mass is 10.1. The molecule has 1 unspecified atom stereocenters. The second kappa shape index (κ2) is 8.13. The van der Waals surface area contributed by atoms with Crippen LogP contribution >= 0.6 is 23.2 Å². The van der Waals surface area contributed by atoms with Crippen molar-refractivity contribution >= 4 is 34.7 Å². The van der Waals surface area contributed by atoms with Gasteiger partial charge in [-0.25, -0.2) is 5.84 Å². The number of nitrogens with one attached hydrogen (secondary N) is 1. The Morgan fingerprint density at radius 1 is 1.23 bits per heavy atom. The van der Waals surface area contributed by atoms with Crippen LogP contribution in [0.4, 0.5) is 5.69 Å². The molecule has 0 aliphatic carbocycles. The molecule has 26 heavy (non-hydrogen) atoms. The van der Waals surface area contributed by atoms with Crippen LogP contribution in [0.25, 0.3) is 0 Å². The highest BCUT2D eigenvalue weighted by Gasteiger charge is 2.32. The van der Waals surface area contributed by atoms with Crippen LogP contribution < -0.4 is 22.0 Å². The summed E-state index contributed by atoms with van der Waals surface area (Å²) in [5.41, 5.74) is 3.38. The maximum absolute atomic E-state index is 6.28. The van der Waals surface area contributed by atoms with Gasteiger partial charge in [-0.2, -0.15) is 5.10 Å². The third-order valence-corrected chi connectivity index (χ3v) is 4.95. The molecule has 3 rings (SSSR count). The number of hydrazone groups is 1. The number of aromatic nitrogens is 1. The summed E-state index contributed by atoms with van der Waals surface area (Å²) in [5.74, 6) is 13.1. The van der Waals surface area contributed by atoms with Crippen molar-refractivity contribution in [3.05, 3.63) is 46.1 Å². The van der Waals surface area contributed by atoms with E-state index in [2.05, 4.69) is 25.3 Å². The summed E-state index contributed by atoms with van der Waals surface area (Å²) in [6.07, 6.45) is 3.20. The molecular formula is C16H21Cl2N7O. The van der Waals surface area contributed by atoms with Crippen LogP contribution in [0.2, 0.25) is 10.0 Å². The number of nitrogens with two attached hydrogens (primary N) is 2. The van der Waals surface area contributed by atoms with E-state index >= 15 is 0 Å². The molecule has 1 fully saturated rings. The predicted molar refractivity (Wildman–Crippen MR) is 103 cm³/mol. The molecular weight excluding hydrogens is 377 g/mol. The third kappa shape index (κ3) is 3.73. The lowest BCUT2D eigenvalue weighted by Crippen LogP contribution is -2.52. The van der Waals surface area contributed by atoms with Gasteiger partial charge in [0, 0.05) is 38.6 Å². The molecule has 2 aromatic heterocycles. The molecule has 1 saturated heterocycles. The van der Waals surface area contributed by atoms with E-state index in [1.165, 1.54) is 0 Å². The molecule has 140 valence electrons. The average molecular weight is 398 g/mol. The summed E-state index contributed by atoms with van der Waals surface area (Å²) in [5, 5.41) is 4.87. The fraction of sp³-hybridized carbons (Fsp3) is 0.375. The smallest absolute Gasteiger partial charge is 0.161 e. The Hall–Kier alpha value is -2.00. The Balaban J connectivity index is 1.80. The number of hydrogen-bond donors (Lipinski definition) is 3. The monoisotopic (exact) mass is 397 g/mol. The number of hydrazine groups is 1. The molecule has 1 aliphatic heterocycles. The standard InChI is InChI=1S/C16H21Cl2N7O/c1-10-2-3-13(26-10)15(16(22-19)23-20)25-6-4-24(5-7-25)14-11(17)8-21-9-12(14)18/h2-3,8-9,15H,4-7,19-20H2,1H3,(H,22,23). The van der Waals surface area contributed by atoms with Gasteiger partial charge in [0.1, 0.15) is 17.6 Å². The van der Waals surface area contributed by atoms with E-state index in [0.29, 0.717) is 15.9 Å². The number of hydrogen-bond acceptors (Lipinski definition) is 7. The number of pyridine rings is 1. The molecule has 8 nitrogen and oxygen atoms in total. The first kappa shape index (κ1) is 18.8. The fourth-order valence-electron chi connectivity index (χ4n) is 3.19. The number of nitrogens with zero attached hydrogens (tertiary/aromatic N) is 4. The number of furan rings is 1. The summed E-state index contributed by atoms with van der Waals surface area (Å²) >= 11 is 12.6. The molecule has 0 spiro atoms. The largest absolute Gasteiger partial charge is 0.464 e. The summed E-state index contributed by atoms with van der Waals surface area (Å²) in [6, 6.07) is 3.52. The van der Waals surface area contributed by atoms with Gasteiger partial charge in [0.2, 0.25) is 0 Å². The van der Waals surface area contributed by atoms with Crippen LogP contribution in [0.5, 0.6) is 0 Å². The van der Waals surface area contributed by atoms with E-state index in [4.69, 9.17) is 39.3 Å². The maximum Gasteiger partial charge on any atom is 0.161 e. The van der Waals surface area contributed by atoms with Crippen LogP contribution in [0.15, 0.2) is 34.0 Å². The molecule has 10 heteroatoms. The van der Waals surface area contributed by atoms with Crippen LogP contribution in [0.1, 0.15) is 17.6 Å². The maximum atomic E-state index is 6.28. The van der Waals surface area contributed by atoms with Gasteiger partial charge in [0.15, 0.2) is 5.84 Å². The third-order valence-electron chi connectivity index (χ3n) is 4.40. The quantitative estimate of drug-likeness (QED) is 0.312. The van der Waals surface area contributed by atoms with Crippen molar-refractivity contribution < 1.29 is 4.42 Å². The van der Waals surface area contributed by atoms with E-state index in [1.54, 1.807) is 12.4 Å². The number of piperazine rings is 1. The molecule has 1 aliphatic rings. The fourth-order valence-corrected chi connectivity index (χ4v) is 3.79. The molecule has 0 saturated carbocycles. The van der Waals surface area contributed by atoms with E-state index in [9.17, 15) is 0 Å². The summed E-state index contributed by atoms with van der Waals surface area (Å²) in [7, 11) is 0. The Labute approximate surface area is 161 Å². The number of halogens is 2. The van der Waals surface area contributed by atoms with Crippen molar-refractivity contribution in [1.29, 1.82) is 0 Å². The summed E-state index contributed by atoms with van der Waals surface area (Å²) in [4.78, 5) is 8.34. The van der Waals surface area contributed by atoms with Gasteiger partial charge in [0.05, 0.1) is 15.7 Å². The highest BCUT2D eigenvalue weighted by atomic mass is 35.5. The SMILES string of the molecule is Cc1ccc(C(/C(=N/N)NN)N2CCN(c3c(Cl)cncc3Cl)CC2)o1. The topological polar surface area (TPSA) is 109 Å². The highest BCUT2D eigenvalue weighted by molar-refractivity contribution is 6.38. The number of amidine groups is 1. The van der Waals surface area contributed by atoms with Gasteiger partial charge < -0.3 is 20.6 Å². The zero-order chi connectivity index (χ0) is 18.7. The Morgan fingerprint density at radius 2 is 1.88 bits per heavy atom. The molecule has 0 bridgehead atoms. The van der Waals surface area contributed by atoms with Gasteiger partial charge in [-0.3, -0.25) is 9.88 Å². The number of rotatable bonds is 4. The van der Waals surface area contributed by atoms with Crippen molar-refractivity contribution in [3.63, 3.8) is 0 Å². The zero-order valence-electron chi connectivity index (χ0n) is 14.3. The molecule has 0 radical (unpaired) electrons. The Morgan fingerprint density at radius 3 is 2.38 bits per heavy atom. The molecule has 0 aromatic carbocycles. The Kier molecular flexibility index (Phi) is 5.87. The lowest BCUT2D eigenvalue weighted by Gasteiger charge is -2.39. The second-order valence-electron chi connectivity index (χ2n) is 5.98. The van der Waals surface area contributed by atoms with E-state index in [0.717, 1.165) is 43.4 Å². The van der Waals surface area contributed by atoms with E-state index in [-0.39, 0.29) is 6.04 Å².